The van der Waals surface area contributed by atoms with Gasteiger partial charge in [0.15, 0.2) is 5.82 Å². The second-order valence-electron chi connectivity index (χ2n) is 3.03. The molecule has 0 bridgehead atoms. The molecule has 0 amide bonds. The summed E-state index contributed by atoms with van der Waals surface area (Å²) in [5.74, 6) is -0.488. The highest BCUT2D eigenvalue weighted by atomic mass is 79.9. The quantitative estimate of drug-likeness (QED) is 0.821. The van der Waals surface area contributed by atoms with Crippen LogP contribution in [0.3, 0.4) is 0 Å². The van der Waals surface area contributed by atoms with Gasteiger partial charge >= 0.3 is 0 Å². The van der Waals surface area contributed by atoms with Crippen molar-refractivity contribution in [2.45, 2.75) is 0 Å². The van der Waals surface area contributed by atoms with Crippen molar-refractivity contribution in [2.24, 2.45) is 0 Å². The van der Waals surface area contributed by atoms with Gasteiger partial charge in [-0.2, -0.15) is 0 Å². The van der Waals surface area contributed by atoms with Crippen LogP contribution in [0.4, 0.5) is 4.39 Å². The van der Waals surface area contributed by atoms with Gasteiger partial charge in [-0.15, -0.1) is 0 Å². The van der Waals surface area contributed by atoms with Crippen molar-refractivity contribution in [3.63, 3.8) is 0 Å². The Morgan fingerprint density at radius 2 is 2.06 bits per heavy atom. The Labute approximate surface area is 104 Å². The second kappa shape index (κ2) is 4.35. The summed E-state index contributed by atoms with van der Waals surface area (Å²) < 4.78 is 13.6. The summed E-state index contributed by atoms with van der Waals surface area (Å²) in [4.78, 5) is 7.93. The SMILES string of the molecule is Oc1cc(F)cc(-c2ncc(Br)c(Cl)n2)c1. The Kier molecular flexibility index (Phi) is 3.07. The van der Waals surface area contributed by atoms with E-state index in [0.29, 0.717) is 10.0 Å². The molecule has 1 N–H and O–H groups in total. The van der Waals surface area contributed by atoms with Crippen molar-refractivity contribution in [1.82, 2.24) is 9.97 Å². The first-order chi connectivity index (χ1) is 7.56. The molecule has 0 saturated carbocycles. The zero-order valence-corrected chi connectivity index (χ0v) is 10.1. The van der Waals surface area contributed by atoms with E-state index in [1.54, 1.807) is 0 Å². The fraction of sp³-hybridized carbons (Fsp3) is 0. The van der Waals surface area contributed by atoms with Crippen LogP contribution in [0.5, 0.6) is 5.75 Å². The van der Waals surface area contributed by atoms with Gasteiger partial charge < -0.3 is 5.11 Å². The fourth-order valence-electron chi connectivity index (χ4n) is 1.19. The maximum atomic E-state index is 13.0. The van der Waals surface area contributed by atoms with Crippen molar-refractivity contribution < 1.29 is 9.50 Å². The van der Waals surface area contributed by atoms with Gasteiger partial charge in [-0.1, -0.05) is 11.6 Å². The molecule has 0 saturated heterocycles. The molecule has 0 aliphatic heterocycles. The molecule has 2 rings (SSSR count). The van der Waals surface area contributed by atoms with Gasteiger partial charge in [0.05, 0.1) is 4.47 Å². The molecule has 0 spiro atoms. The van der Waals surface area contributed by atoms with E-state index < -0.39 is 5.82 Å². The van der Waals surface area contributed by atoms with Crippen LogP contribution < -0.4 is 0 Å². The van der Waals surface area contributed by atoms with Crippen LogP contribution in [0.1, 0.15) is 0 Å². The number of aromatic nitrogens is 2. The van der Waals surface area contributed by atoms with E-state index in [4.69, 9.17) is 11.6 Å². The minimum atomic E-state index is -0.558. The Hall–Kier alpha value is -1.20. The lowest BCUT2D eigenvalue weighted by molar-refractivity contribution is 0.469. The number of hydrogen-bond acceptors (Lipinski definition) is 3. The molecule has 2 aromatic rings. The van der Waals surface area contributed by atoms with Crippen molar-refractivity contribution in [3.05, 3.63) is 39.8 Å². The first-order valence-electron chi connectivity index (χ1n) is 4.24. The van der Waals surface area contributed by atoms with Crippen molar-refractivity contribution in [2.75, 3.05) is 0 Å². The maximum absolute atomic E-state index is 13.0. The van der Waals surface area contributed by atoms with Gasteiger partial charge in [-0.05, 0) is 28.1 Å². The molecule has 6 heteroatoms. The Morgan fingerprint density at radius 1 is 1.31 bits per heavy atom. The Bertz CT molecular complexity index is 530. The number of rotatable bonds is 1. The number of phenols is 1. The third-order valence-corrected chi connectivity index (χ3v) is 2.94. The van der Waals surface area contributed by atoms with Gasteiger partial charge in [0.2, 0.25) is 0 Å². The molecular weight excluding hydrogens is 298 g/mol. The van der Waals surface area contributed by atoms with Gasteiger partial charge in [0.1, 0.15) is 16.7 Å². The molecule has 1 heterocycles. The smallest absolute Gasteiger partial charge is 0.161 e. The molecule has 82 valence electrons. The highest BCUT2D eigenvalue weighted by molar-refractivity contribution is 9.10. The van der Waals surface area contributed by atoms with E-state index in [2.05, 4.69) is 25.9 Å². The van der Waals surface area contributed by atoms with Gasteiger partial charge in [0.25, 0.3) is 0 Å². The van der Waals surface area contributed by atoms with Gasteiger partial charge in [-0.25, -0.2) is 14.4 Å². The van der Waals surface area contributed by atoms with Crippen molar-refractivity contribution in [3.8, 4) is 17.1 Å². The largest absolute Gasteiger partial charge is 0.508 e. The predicted molar refractivity (Wildman–Crippen MR) is 61.8 cm³/mol. The zero-order chi connectivity index (χ0) is 11.7. The third kappa shape index (κ3) is 2.31. The summed E-state index contributed by atoms with van der Waals surface area (Å²) in [5, 5.41) is 9.47. The first-order valence-corrected chi connectivity index (χ1v) is 5.41. The minimum absolute atomic E-state index is 0.183. The Balaban J connectivity index is 2.54. The number of nitrogens with zero attached hydrogens (tertiary/aromatic N) is 2. The standard InChI is InChI=1S/C10H5BrClFN2O/c11-8-4-14-10(15-9(8)12)5-1-6(13)3-7(16)2-5/h1-4,16H. The van der Waals surface area contributed by atoms with Crippen LogP contribution in [-0.4, -0.2) is 15.1 Å². The zero-order valence-electron chi connectivity index (χ0n) is 7.78. The van der Waals surface area contributed by atoms with Gasteiger partial charge in [-0.3, -0.25) is 0 Å². The van der Waals surface area contributed by atoms with E-state index in [-0.39, 0.29) is 16.7 Å². The maximum Gasteiger partial charge on any atom is 0.161 e. The van der Waals surface area contributed by atoms with Crippen molar-refractivity contribution in [1.29, 1.82) is 0 Å². The molecule has 16 heavy (non-hydrogen) atoms. The number of benzene rings is 1. The summed E-state index contributed by atoms with van der Waals surface area (Å²) in [5.41, 5.74) is 0.368. The molecule has 0 fully saturated rings. The van der Waals surface area contributed by atoms with E-state index in [1.807, 2.05) is 0 Å². The summed E-state index contributed by atoms with van der Waals surface area (Å²) in [6.45, 7) is 0. The molecule has 1 aromatic heterocycles. The molecular formula is C10H5BrClFN2O. The highest BCUT2D eigenvalue weighted by Gasteiger charge is 2.07. The minimum Gasteiger partial charge on any atom is -0.508 e. The predicted octanol–water partition coefficient (Wildman–Crippen LogP) is 3.40. The number of hydrogen-bond donors (Lipinski definition) is 1. The molecule has 0 atom stereocenters. The summed E-state index contributed by atoms with van der Waals surface area (Å²) in [6.07, 6.45) is 1.46. The molecule has 0 aliphatic rings. The van der Waals surface area contributed by atoms with Crippen molar-refractivity contribution >= 4 is 27.5 Å². The Morgan fingerprint density at radius 3 is 2.69 bits per heavy atom. The lowest BCUT2D eigenvalue weighted by atomic mass is 10.2. The topological polar surface area (TPSA) is 46.0 Å². The van der Waals surface area contributed by atoms with E-state index in [9.17, 15) is 9.50 Å². The average molecular weight is 304 g/mol. The van der Waals surface area contributed by atoms with Crippen LogP contribution in [-0.2, 0) is 0 Å². The molecule has 3 nitrogen and oxygen atoms in total. The normalized spacial score (nSPS) is 10.4. The number of halogens is 3. The van der Waals surface area contributed by atoms with Crippen LogP contribution in [0, 0.1) is 5.82 Å². The fourth-order valence-corrected chi connectivity index (χ4v) is 1.51. The number of phenolic OH excluding ortho intramolecular Hbond substituents is 1. The second-order valence-corrected chi connectivity index (χ2v) is 4.24. The lowest BCUT2D eigenvalue weighted by Crippen LogP contribution is -1.90. The molecule has 0 unspecified atom stereocenters. The molecule has 0 radical (unpaired) electrons. The first kappa shape index (κ1) is 11.3. The van der Waals surface area contributed by atoms with Crippen LogP contribution in [0.15, 0.2) is 28.9 Å². The van der Waals surface area contributed by atoms with Crippen LogP contribution in [0.25, 0.3) is 11.4 Å². The highest BCUT2D eigenvalue weighted by Crippen LogP contribution is 2.25. The van der Waals surface area contributed by atoms with Crippen LogP contribution >= 0.6 is 27.5 Å². The monoisotopic (exact) mass is 302 g/mol. The average Bonchev–Trinajstić information content (AvgIpc) is 2.20. The summed E-state index contributed by atoms with van der Waals surface area (Å²) in [6, 6.07) is 3.59. The summed E-state index contributed by atoms with van der Waals surface area (Å²) >= 11 is 8.94. The molecule has 0 aliphatic carbocycles. The summed E-state index contributed by atoms with van der Waals surface area (Å²) in [7, 11) is 0. The van der Waals surface area contributed by atoms with E-state index in [1.165, 1.54) is 18.3 Å². The third-order valence-electron chi connectivity index (χ3n) is 1.84. The van der Waals surface area contributed by atoms with Gasteiger partial charge in [0, 0.05) is 17.8 Å². The lowest BCUT2D eigenvalue weighted by Gasteiger charge is -2.02. The molecule has 1 aromatic carbocycles. The van der Waals surface area contributed by atoms with E-state index in [0.717, 1.165) is 6.07 Å². The van der Waals surface area contributed by atoms with Crippen LogP contribution in [0.2, 0.25) is 5.15 Å². The van der Waals surface area contributed by atoms with E-state index >= 15 is 0 Å². The number of aromatic hydroxyl groups is 1.